The summed E-state index contributed by atoms with van der Waals surface area (Å²) in [5.41, 5.74) is 2.51. The van der Waals surface area contributed by atoms with Crippen LogP contribution in [0, 0.1) is 0 Å². The minimum atomic E-state index is -2.09. The minimum absolute atomic E-state index is 0.271. The van der Waals surface area contributed by atoms with E-state index in [4.69, 9.17) is 9.47 Å². The number of aromatic hydroxyl groups is 1. The van der Waals surface area contributed by atoms with Crippen LogP contribution >= 0.6 is 0 Å². The number of carbonyl (C=O) groups excluding carboxylic acids is 2. The molecule has 200 valence electrons. The first-order chi connectivity index (χ1) is 17.9. The van der Waals surface area contributed by atoms with E-state index in [-0.39, 0.29) is 5.75 Å². The van der Waals surface area contributed by atoms with E-state index in [1.165, 1.54) is 12.0 Å². The Bertz CT molecular complexity index is 1280. The summed E-state index contributed by atoms with van der Waals surface area (Å²) in [6.07, 6.45) is -1.45. The Morgan fingerprint density at radius 1 is 0.842 bits per heavy atom. The normalized spacial score (nSPS) is 18.0. The second-order valence-electron chi connectivity index (χ2n) is 11.8. The Balaban J connectivity index is 1.96. The Morgan fingerprint density at radius 3 is 1.79 bits per heavy atom. The third-order valence-corrected chi connectivity index (χ3v) is 11.3. The highest BCUT2D eigenvalue weighted by molar-refractivity contribution is 6.99. The summed E-state index contributed by atoms with van der Waals surface area (Å²) < 4.78 is 11.4. The van der Waals surface area contributed by atoms with E-state index in [2.05, 4.69) is 39.3 Å². The quantitative estimate of drug-likeness (QED) is 0.321. The standard InChI is InChI=1S/C30H37NO5Si2/c1-35-29(33)25-26(22-18-19-23(32)28(38(5,6)7)27(22)37(2,3)4)36-30(34)31(25)24(20-14-10-8-11-15-20)21-16-12-9-13-17-21/h8-19,24-26,32H,1-7H3. The molecule has 1 N–H and O–H groups in total. The lowest BCUT2D eigenvalue weighted by atomic mass is 9.94. The van der Waals surface area contributed by atoms with Crippen LogP contribution in [0.1, 0.15) is 28.8 Å². The number of nitrogens with zero attached hydrogens (tertiary/aromatic N) is 1. The largest absolute Gasteiger partial charge is 0.508 e. The van der Waals surface area contributed by atoms with Crippen LogP contribution < -0.4 is 10.4 Å². The van der Waals surface area contributed by atoms with Crippen LogP contribution in [0.25, 0.3) is 0 Å². The molecule has 1 heterocycles. The molecule has 0 aromatic heterocycles. The van der Waals surface area contributed by atoms with Gasteiger partial charge < -0.3 is 14.6 Å². The van der Waals surface area contributed by atoms with Crippen molar-refractivity contribution in [2.75, 3.05) is 7.11 Å². The number of esters is 1. The number of phenols is 1. The summed E-state index contributed by atoms with van der Waals surface area (Å²) in [7, 11) is -2.77. The fourth-order valence-electron chi connectivity index (χ4n) is 5.55. The van der Waals surface area contributed by atoms with Crippen molar-refractivity contribution in [3.63, 3.8) is 0 Å². The average molecular weight is 548 g/mol. The molecule has 2 unspecified atom stereocenters. The van der Waals surface area contributed by atoms with Crippen molar-refractivity contribution in [2.45, 2.75) is 57.5 Å². The van der Waals surface area contributed by atoms with Gasteiger partial charge in [-0.15, -0.1) is 0 Å². The van der Waals surface area contributed by atoms with Crippen LogP contribution in [0.3, 0.4) is 0 Å². The van der Waals surface area contributed by atoms with E-state index < -0.39 is 46.4 Å². The predicted octanol–water partition coefficient (Wildman–Crippen LogP) is 5.31. The number of ether oxygens (including phenoxy) is 2. The van der Waals surface area contributed by atoms with Gasteiger partial charge in [0.1, 0.15) is 5.75 Å². The Hall–Kier alpha value is -3.37. The highest BCUT2D eigenvalue weighted by Crippen LogP contribution is 2.42. The van der Waals surface area contributed by atoms with Crippen molar-refractivity contribution in [1.29, 1.82) is 0 Å². The number of cyclic esters (lactones) is 1. The number of rotatable bonds is 7. The van der Waals surface area contributed by atoms with Gasteiger partial charge in [-0.05, 0) is 27.9 Å². The molecule has 8 heteroatoms. The van der Waals surface area contributed by atoms with Crippen LogP contribution in [0.5, 0.6) is 5.75 Å². The maximum atomic E-state index is 13.8. The molecule has 1 saturated heterocycles. The van der Waals surface area contributed by atoms with Crippen LogP contribution in [-0.4, -0.2) is 51.4 Å². The summed E-state index contributed by atoms with van der Waals surface area (Å²) in [6.45, 7) is 13.2. The molecule has 6 nitrogen and oxygen atoms in total. The SMILES string of the molecule is COC(=O)C1C(c2ccc(O)c([Si](C)(C)C)c2[Si](C)(C)C)OC(=O)N1C(c1ccccc1)c1ccccc1. The van der Waals surface area contributed by atoms with E-state index >= 15 is 0 Å². The molecule has 2 atom stereocenters. The van der Waals surface area contributed by atoms with Gasteiger partial charge in [0.25, 0.3) is 0 Å². The number of hydrogen-bond acceptors (Lipinski definition) is 5. The number of phenolic OH excluding ortho intramolecular Hbond substituents is 1. The Kier molecular flexibility index (Phi) is 7.58. The molecular weight excluding hydrogens is 511 g/mol. The smallest absolute Gasteiger partial charge is 0.412 e. The van der Waals surface area contributed by atoms with Crippen LogP contribution in [0.2, 0.25) is 39.3 Å². The first kappa shape index (κ1) is 27.7. The van der Waals surface area contributed by atoms with Crippen molar-refractivity contribution in [3.05, 3.63) is 89.5 Å². The number of amides is 1. The lowest BCUT2D eigenvalue weighted by Gasteiger charge is -2.34. The van der Waals surface area contributed by atoms with E-state index in [1.807, 2.05) is 66.7 Å². The summed E-state index contributed by atoms with van der Waals surface area (Å²) >= 11 is 0. The predicted molar refractivity (Wildman–Crippen MR) is 156 cm³/mol. The molecular formula is C30H37NO5Si2. The van der Waals surface area contributed by atoms with Gasteiger partial charge in [0.05, 0.1) is 29.3 Å². The van der Waals surface area contributed by atoms with Crippen LogP contribution in [-0.2, 0) is 14.3 Å². The van der Waals surface area contributed by atoms with Crippen LogP contribution in [0.4, 0.5) is 4.79 Å². The molecule has 0 spiro atoms. The molecule has 3 aromatic rings. The first-order valence-corrected chi connectivity index (χ1v) is 19.9. The molecule has 1 aliphatic heterocycles. The molecule has 0 bridgehead atoms. The van der Waals surface area contributed by atoms with E-state index in [0.29, 0.717) is 0 Å². The van der Waals surface area contributed by atoms with Crippen LogP contribution in [0.15, 0.2) is 72.8 Å². The molecule has 3 aromatic carbocycles. The average Bonchev–Trinajstić information content (AvgIpc) is 3.20. The van der Waals surface area contributed by atoms with Crippen molar-refractivity contribution >= 4 is 38.6 Å². The fourth-order valence-corrected chi connectivity index (χ4v) is 11.5. The van der Waals surface area contributed by atoms with Crippen molar-refractivity contribution in [1.82, 2.24) is 4.90 Å². The number of methoxy groups -OCH3 is 1. The molecule has 0 aliphatic carbocycles. The van der Waals surface area contributed by atoms with Crippen molar-refractivity contribution in [2.24, 2.45) is 0 Å². The maximum absolute atomic E-state index is 13.8. The molecule has 38 heavy (non-hydrogen) atoms. The molecule has 4 rings (SSSR count). The van der Waals surface area contributed by atoms with Gasteiger partial charge in [-0.2, -0.15) is 0 Å². The van der Waals surface area contributed by atoms with Gasteiger partial charge in [0.2, 0.25) is 0 Å². The lowest BCUT2D eigenvalue weighted by molar-refractivity contribution is -0.147. The van der Waals surface area contributed by atoms with Gasteiger partial charge >= 0.3 is 12.1 Å². The van der Waals surface area contributed by atoms with Crippen molar-refractivity contribution in [3.8, 4) is 5.75 Å². The number of carbonyl (C=O) groups is 2. The molecule has 1 aliphatic rings. The minimum Gasteiger partial charge on any atom is -0.508 e. The zero-order chi connectivity index (χ0) is 27.8. The summed E-state index contributed by atoms with van der Waals surface area (Å²) in [5.74, 6) is -0.269. The Morgan fingerprint density at radius 2 is 1.34 bits per heavy atom. The summed E-state index contributed by atoms with van der Waals surface area (Å²) in [4.78, 5) is 28.8. The topological polar surface area (TPSA) is 76.1 Å². The van der Waals surface area contributed by atoms with E-state index in [1.54, 1.807) is 6.07 Å². The molecule has 0 radical (unpaired) electrons. The molecule has 1 amide bonds. The van der Waals surface area contributed by atoms with E-state index in [9.17, 15) is 14.7 Å². The third kappa shape index (κ3) is 5.15. The van der Waals surface area contributed by atoms with Gasteiger partial charge in [0.15, 0.2) is 12.1 Å². The van der Waals surface area contributed by atoms with Gasteiger partial charge in [-0.25, -0.2) is 9.59 Å². The summed E-state index contributed by atoms with van der Waals surface area (Å²) in [5, 5.41) is 13.0. The van der Waals surface area contributed by atoms with Crippen molar-refractivity contribution < 1.29 is 24.2 Å². The van der Waals surface area contributed by atoms with Gasteiger partial charge in [-0.3, -0.25) is 4.90 Å². The number of hydrogen-bond donors (Lipinski definition) is 1. The Labute approximate surface area is 227 Å². The second-order valence-corrected chi connectivity index (χ2v) is 21.8. The number of benzene rings is 3. The second kappa shape index (κ2) is 10.4. The monoisotopic (exact) mass is 547 g/mol. The highest BCUT2D eigenvalue weighted by Gasteiger charge is 2.53. The zero-order valence-electron chi connectivity index (χ0n) is 23.2. The van der Waals surface area contributed by atoms with Gasteiger partial charge in [0, 0.05) is 0 Å². The highest BCUT2D eigenvalue weighted by atomic mass is 28.3. The zero-order valence-corrected chi connectivity index (χ0v) is 25.2. The third-order valence-electron chi connectivity index (χ3n) is 7.00. The summed E-state index contributed by atoms with van der Waals surface area (Å²) in [6, 6.07) is 21.2. The lowest BCUT2D eigenvalue weighted by Crippen LogP contribution is -2.58. The fraction of sp³-hybridized carbons (Fsp3) is 0.333. The van der Waals surface area contributed by atoms with E-state index in [0.717, 1.165) is 27.1 Å². The first-order valence-electron chi connectivity index (χ1n) is 12.9. The maximum Gasteiger partial charge on any atom is 0.412 e. The van der Waals surface area contributed by atoms with Gasteiger partial charge in [-0.1, -0.05) is 111 Å². The molecule has 0 saturated carbocycles. The molecule has 1 fully saturated rings.